The fourth-order valence-corrected chi connectivity index (χ4v) is 2.26. The van der Waals surface area contributed by atoms with Crippen molar-refractivity contribution in [2.24, 2.45) is 0 Å². The standard InChI is InChI=1S/C13H18N2O2/c1-2-11-9-14-7-8-15(11)12-5-3-10(4-6-12)13(16)17/h3-6,11,14H,2,7-9H2,1H3,(H,16,17)/t11-/m0/s1. The van der Waals surface area contributed by atoms with Crippen molar-refractivity contribution in [3.63, 3.8) is 0 Å². The van der Waals surface area contributed by atoms with Crippen LogP contribution in [0.3, 0.4) is 0 Å². The molecule has 17 heavy (non-hydrogen) atoms. The van der Waals surface area contributed by atoms with Crippen LogP contribution in [0.1, 0.15) is 23.7 Å². The maximum absolute atomic E-state index is 10.8. The molecule has 4 heteroatoms. The van der Waals surface area contributed by atoms with Gasteiger partial charge in [0.05, 0.1) is 5.56 Å². The minimum atomic E-state index is -0.871. The van der Waals surface area contributed by atoms with Crippen molar-refractivity contribution in [2.75, 3.05) is 24.5 Å². The maximum atomic E-state index is 10.8. The van der Waals surface area contributed by atoms with Crippen molar-refractivity contribution in [1.29, 1.82) is 0 Å². The van der Waals surface area contributed by atoms with Gasteiger partial charge in [-0.15, -0.1) is 0 Å². The van der Waals surface area contributed by atoms with Gasteiger partial charge >= 0.3 is 5.97 Å². The SMILES string of the molecule is CC[C@H]1CNCCN1c1ccc(C(=O)O)cc1. The third-order valence-electron chi connectivity index (χ3n) is 3.27. The van der Waals surface area contributed by atoms with E-state index >= 15 is 0 Å². The van der Waals surface area contributed by atoms with Crippen molar-refractivity contribution in [3.05, 3.63) is 29.8 Å². The van der Waals surface area contributed by atoms with Crippen LogP contribution in [-0.2, 0) is 0 Å². The summed E-state index contributed by atoms with van der Waals surface area (Å²) in [6, 6.07) is 7.65. The third kappa shape index (κ3) is 2.58. The van der Waals surface area contributed by atoms with Gasteiger partial charge in [0.25, 0.3) is 0 Å². The first-order chi connectivity index (χ1) is 8.22. The van der Waals surface area contributed by atoms with Gasteiger partial charge in [0.2, 0.25) is 0 Å². The predicted molar refractivity (Wildman–Crippen MR) is 67.7 cm³/mol. The second kappa shape index (κ2) is 5.19. The lowest BCUT2D eigenvalue weighted by molar-refractivity contribution is 0.0697. The molecule has 1 aliphatic rings. The largest absolute Gasteiger partial charge is 0.478 e. The van der Waals surface area contributed by atoms with Crippen LogP contribution in [-0.4, -0.2) is 36.8 Å². The number of carboxylic acid groups (broad SMARTS) is 1. The lowest BCUT2D eigenvalue weighted by Crippen LogP contribution is -2.51. The molecule has 1 aromatic carbocycles. The molecule has 0 aliphatic carbocycles. The third-order valence-corrected chi connectivity index (χ3v) is 3.27. The Kier molecular flexibility index (Phi) is 3.64. The second-order valence-corrected chi connectivity index (χ2v) is 4.31. The Hall–Kier alpha value is -1.55. The van der Waals surface area contributed by atoms with Gasteiger partial charge in [-0.25, -0.2) is 4.79 Å². The molecule has 2 N–H and O–H groups in total. The number of hydrogen-bond acceptors (Lipinski definition) is 3. The number of hydrogen-bond donors (Lipinski definition) is 2. The number of nitrogens with one attached hydrogen (secondary N) is 1. The highest BCUT2D eigenvalue weighted by Crippen LogP contribution is 2.20. The van der Waals surface area contributed by atoms with Crippen LogP contribution in [0.25, 0.3) is 0 Å². The van der Waals surface area contributed by atoms with Gasteiger partial charge in [0.15, 0.2) is 0 Å². The van der Waals surface area contributed by atoms with Crippen molar-refractivity contribution in [1.82, 2.24) is 5.32 Å². The van der Waals surface area contributed by atoms with Crippen LogP contribution in [0.2, 0.25) is 0 Å². The van der Waals surface area contributed by atoms with Crippen molar-refractivity contribution < 1.29 is 9.90 Å². The van der Waals surface area contributed by atoms with Crippen LogP contribution in [0.5, 0.6) is 0 Å². The molecule has 0 spiro atoms. The molecule has 92 valence electrons. The van der Waals surface area contributed by atoms with Gasteiger partial charge in [0.1, 0.15) is 0 Å². The van der Waals surface area contributed by atoms with Crippen molar-refractivity contribution in [3.8, 4) is 0 Å². The molecule has 2 rings (SSSR count). The molecule has 1 fully saturated rings. The van der Waals surface area contributed by atoms with Crippen LogP contribution in [0.15, 0.2) is 24.3 Å². The van der Waals surface area contributed by atoms with E-state index < -0.39 is 5.97 Å². The van der Waals surface area contributed by atoms with Crippen LogP contribution >= 0.6 is 0 Å². The van der Waals surface area contributed by atoms with E-state index in [0.717, 1.165) is 31.7 Å². The lowest BCUT2D eigenvalue weighted by Gasteiger charge is -2.37. The summed E-state index contributed by atoms with van der Waals surface area (Å²) in [6.45, 7) is 5.13. The summed E-state index contributed by atoms with van der Waals surface area (Å²) in [4.78, 5) is 13.1. The fourth-order valence-electron chi connectivity index (χ4n) is 2.26. The monoisotopic (exact) mass is 234 g/mol. The molecule has 0 amide bonds. The van der Waals surface area contributed by atoms with E-state index in [0.29, 0.717) is 11.6 Å². The molecule has 0 unspecified atom stereocenters. The van der Waals surface area contributed by atoms with Crippen LogP contribution in [0.4, 0.5) is 5.69 Å². The molecule has 1 saturated heterocycles. The number of carbonyl (C=O) groups is 1. The van der Waals surface area contributed by atoms with Crippen molar-refractivity contribution >= 4 is 11.7 Å². The maximum Gasteiger partial charge on any atom is 0.335 e. The Morgan fingerprint density at radius 2 is 2.18 bits per heavy atom. The summed E-state index contributed by atoms with van der Waals surface area (Å²) < 4.78 is 0. The topological polar surface area (TPSA) is 52.6 Å². The molecule has 0 radical (unpaired) electrons. The van der Waals surface area contributed by atoms with Crippen LogP contribution < -0.4 is 10.2 Å². The van der Waals surface area contributed by atoms with Crippen LogP contribution in [0, 0.1) is 0 Å². The molecule has 0 saturated carbocycles. The minimum absolute atomic E-state index is 0.344. The molecule has 1 heterocycles. The Balaban J connectivity index is 2.17. The molecule has 1 aliphatic heterocycles. The highest BCUT2D eigenvalue weighted by Gasteiger charge is 2.20. The number of rotatable bonds is 3. The predicted octanol–water partition coefficient (Wildman–Crippen LogP) is 1.57. The number of benzene rings is 1. The average Bonchev–Trinajstić information content (AvgIpc) is 2.39. The van der Waals surface area contributed by atoms with E-state index in [1.807, 2.05) is 12.1 Å². The Labute approximate surface area is 101 Å². The number of carboxylic acids is 1. The summed E-state index contributed by atoms with van der Waals surface area (Å²) in [6.07, 6.45) is 1.09. The van der Waals surface area contributed by atoms with Gasteiger partial charge in [0, 0.05) is 31.4 Å². The fraction of sp³-hybridized carbons (Fsp3) is 0.462. The highest BCUT2D eigenvalue weighted by molar-refractivity contribution is 5.88. The molecular formula is C13H18N2O2. The second-order valence-electron chi connectivity index (χ2n) is 4.31. The van der Waals surface area contributed by atoms with Gasteiger partial charge < -0.3 is 15.3 Å². The van der Waals surface area contributed by atoms with Gasteiger partial charge in [-0.2, -0.15) is 0 Å². The molecule has 1 atom stereocenters. The van der Waals surface area contributed by atoms with Crippen molar-refractivity contribution in [2.45, 2.75) is 19.4 Å². The number of anilines is 1. The summed E-state index contributed by atoms with van der Waals surface area (Å²) >= 11 is 0. The van der Waals surface area contributed by atoms with E-state index in [9.17, 15) is 4.79 Å². The highest BCUT2D eigenvalue weighted by atomic mass is 16.4. The summed E-state index contributed by atoms with van der Waals surface area (Å²) in [7, 11) is 0. The van der Waals surface area contributed by atoms with E-state index in [4.69, 9.17) is 5.11 Å². The smallest absolute Gasteiger partial charge is 0.335 e. The van der Waals surface area contributed by atoms with E-state index in [1.54, 1.807) is 12.1 Å². The van der Waals surface area contributed by atoms with Gasteiger partial charge in [-0.3, -0.25) is 0 Å². The molecule has 1 aromatic rings. The lowest BCUT2D eigenvalue weighted by atomic mass is 10.1. The van der Waals surface area contributed by atoms with Gasteiger partial charge in [-0.05, 0) is 30.7 Å². The summed E-state index contributed by atoms with van der Waals surface area (Å²) in [5.41, 5.74) is 1.46. The number of nitrogens with zero attached hydrogens (tertiary/aromatic N) is 1. The first-order valence-corrected chi connectivity index (χ1v) is 6.03. The Morgan fingerprint density at radius 1 is 1.47 bits per heavy atom. The quantitative estimate of drug-likeness (QED) is 0.833. The first-order valence-electron chi connectivity index (χ1n) is 6.03. The zero-order valence-corrected chi connectivity index (χ0v) is 10.0. The Morgan fingerprint density at radius 3 is 2.76 bits per heavy atom. The summed E-state index contributed by atoms with van der Waals surface area (Å²) in [5.74, 6) is -0.871. The van der Waals surface area contributed by atoms with E-state index in [2.05, 4.69) is 17.1 Å². The van der Waals surface area contributed by atoms with Gasteiger partial charge in [-0.1, -0.05) is 6.92 Å². The number of piperazine rings is 1. The first kappa shape index (κ1) is 11.9. The molecule has 0 bridgehead atoms. The minimum Gasteiger partial charge on any atom is -0.478 e. The zero-order chi connectivity index (χ0) is 12.3. The summed E-state index contributed by atoms with van der Waals surface area (Å²) in [5, 5.41) is 12.2. The average molecular weight is 234 g/mol. The molecule has 4 nitrogen and oxygen atoms in total. The molecular weight excluding hydrogens is 216 g/mol. The Bertz CT molecular complexity index is 389. The zero-order valence-electron chi connectivity index (χ0n) is 10.0. The number of aromatic carboxylic acids is 1. The van der Waals surface area contributed by atoms with E-state index in [-0.39, 0.29) is 0 Å². The normalized spacial score (nSPS) is 20.3. The molecule has 0 aromatic heterocycles. The van der Waals surface area contributed by atoms with E-state index in [1.165, 1.54) is 0 Å².